The van der Waals surface area contributed by atoms with E-state index in [0.29, 0.717) is 0 Å². The van der Waals surface area contributed by atoms with Gasteiger partial charge in [-0.25, -0.2) is 4.79 Å². The van der Waals surface area contributed by atoms with Crippen LogP contribution in [-0.2, 0) is 6.54 Å². The van der Waals surface area contributed by atoms with E-state index in [-0.39, 0.29) is 6.04 Å². The summed E-state index contributed by atoms with van der Waals surface area (Å²) in [7, 11) is 0. The minimum absolute atomic E-state index is 0.107. The molecule has 2 aromatic carbocycles. The zero-order valence-electron chi connectivity index (χ0n) is 12.0. The Morgan fingerprint density at radius 2 is 1.86 bits per heavy atom. The average molecular weight is 284 g/mol. The molecule has 1 aliphatic heterocycles. The molecule has 110 valence electrons. The van der Waals surface area contributed by atoms with Gasteiger partial charge in [-0.1, -0.05) is 36.4 Å². The molecule has 1 aliphatic rings. The van der Waals surface area contributed by atoms with Gasteiger partial charge in [0.15, 0.2) is 0 Å². The second-order valence-corrected chi connectivity index (χ2v) is 5.68. The van der Waals surface area contributed by atoms with Gasteiger partial charge in [-0.05, 0) is 35.2 Å². The van der Waals surface area contributed by atoms with Crippen LogP contribution in [0.15, 0.2) is 42.5 Å². The summed E-state index contributed by atoms with van der Waals surface area (Å²) < 4.78 is 0. The lowest BCUT2D eigenvalue weighted by Crippen LogP contribution is -2.43. The smallest absolute Gasteiger partial charge is 0.404 e. The third-order valence-electron chi connectivity index (χ3n) is 4.14. The maximum atomic E-state index is 10.6. The van der Waals surface area contributed by atoms with Crippen molar-refractivity contribution in [3.8, 4) is 0 Å². The van der Waals surface area contributed by atoms with Gasteiger partial charge in [0, 0.05) is 25.7 Å². The summed E-state index contributed by atoms with van der Waals surface area (Å²) in [5.41, 5.74) is 1.32. The number of hydrogen-bond donors (Lipinski definition) is 2. The summed E-state index contributed by atoms with van der Waals surface area (Å²) in [6.45, 7) is 2.82. The molecule has 0 atom stereocenters. The molecule has 0 saturated carbocycles. The van der Waals surface area contributed by atoms with Crippen molar-refractivity contribution in [3.05, 3.63) is 48.0 Å². The molecule has 0 unspecified atom stereocenters. The van der Waals surface area contributed by atoms with E-state index in [2.05, 4.69) is 52.7 Å². The van der Waals surface area contributed by atoms with Gasteiger partial charge in [0.05, 0.1) is 0 Å². The molecular weight excluding hydrogens is 264 g/mol. The second kappa shape index (κ2) is 6.14. The third kappa shape index (κ3) is 3.52. The lowest BCUT2D eigenvalue weighted by atomic mass is 10.0. The summed E-state index contributed by atoms with van der Waals surface area (Å²) in [5, 5.41) is 13.9. The first kappa shape index (κ1) is 13.9. The van der Waals surface area contributed by atoms with E-state index < -0.39 is 6.09 Å². The van der Waals surface area contributed by atoms with Crippen molar-refractivity contribution < 1.29 is 9.90 Å². The Balaban J connectivity index is 1.60. The largest absolute Gasteiger partial charge is 0.465 e. The highest BCUT2D eigenvalue weighted by molar-refractivity contribution is 5.82. The van der Waals surface area contributed by atoms with E-state index in [1.54, 1.807) is 0 Å². The van der Waals surface area contributed by atoms with Crippen molar-refractivity contribution >= 4 is 16.9 Å². The number of amides is 1. The van der Waals surface area contributed by atoms with Crippen LogP contribution in [0.4, 0.5) is 4.79 Å². The fraction of sp³-hybridized carbons (Fsp3) is 0.353. The number of benzene rings is 2. The summed E-state index contributed by atoms with van der Waals surface area (Å²) in [6, 6.07) is 15.1. The molecule has 1 amide bonds. The number of piperidine rings is 1. The number of rotatable bonds is 3. The Hall–Kier alpha value is -2.07. The first-order valence-corrected chi connectivity index (χ1v) is 7.40. The molecule has 4 heteroatoms. The molecule has 2 N–H and O–H groups in total. The standard InChI is InChI=1S/C17H20N2O2/c20-17(21)18-16-7-9-19(10-8-16)12-13-5-6-14-3-1-2-4-15(14)11-13/h1-6,11,16,18H,7-10,12H2,(H,20,21). The number of likely N-dealkylation sites (tertiary alicyclic amines) is 1. The zero-order chi connectivity index (χ0) is 14.7. The Morgan fingerprint density at radius 1 is 1.14 bits per heavy atom. The normalized spacial score (nSPS) is 17.0. The number of carboxylic acid groups (broad SMARTS) is 1. The SMILES string of the molecule is O=C(O)NC1CCN(Cc2ccc3ccccc3c2)CC1. The molecule has 0 aliphatic carbocycles. The zero-order valence-corrected chi connectivity index (χ0v) is 12.0. The van der Waals surface area contributed by atoms with Gasteiger partial charge in [-0.15, -0.1) is 0 Å². The minimum Gasteiger partial charge on any atom is -0.465 e. The average Bonchev–Trinajstić information content (AvgIpc) is 2.49. The van der Waals surface area contributed by atoms with E-state index in [1.807, 2.05) is 0 Å². The molecule has 1 heterocycles. The predicted molar refractivity (Wildman–Crippen MR) is 83.4 cm³/mol. The molecule has 0 bridgehead atoms. The lowest BCUT2D eigenvalue weighted by Gasteiger charge is -2.31. The fourth-order valence-corrected chi connectivity index (χ4v) is 3.01. The Morgan fingerprint density at radius 3 is 2.57 bits per heavy atom. The van der Waals surface area contributed by atoms with Crippen LogP contribution in [0, 0.1) is 0 Å². The molecule has 0 aromatic heterocycles. The van der Waals surface area contributed by atoms with Crippen molar-refractivity contribution in [3.63, 3.8) is 0 Å². The third-order valence-corrected chi connectivity index (χ3v) is 4.14. The van der Waals surface area contributed by atoms with Crippen LogP contribution in [-0.4, -0.2) is 35.2 Å². The molecule has 21 heavy (non-hydrogen) atoms. The second-order valence-electron chi connectivity index (χ2n) is 5.68. The van der Waals surface area contributed by atoms with Crippen molar-refractivity contribution in [1.29, 1.82) is 0 Å². The van der Waals surface area contributed by atoms with Gasteiger partial charge >= 0.3 is 6.09 Å². The van der Waals surface area contributed by atoms with Gasteiger partial charge in [-0.2, -0.15) is 0 Å². The van der Waals surface area contributed by atoms with E-state index in [0.717, 1.165) is 32.5 Å². The van der Waals surface area contributed by atoms with Gasteiger partial charge < -0.3 is 10.4 Å². The van der Waals surface area contributed by atoms with Crippen LogP contribution in [0.5, 0.6) is 0 Å². The fourth-order valence-electron chi connectivity index (χ4n) is 3.01. The monoisotopic (exact) mass is 284 g/mol. The molecular formula is C17H20N2O2. The molecule has 0 radical (unpaired) electrons. The number of nitrogens with one attached hydrogen (secondary N) is 1. The Bertz CT molecular complexity index is 633. The number of fused-ring (bicyclic) bond motifs is 1. The Labute approximate surface area is 124 Å². The van der Waals surface area contributed by atoms with Crippen molar-refractivity contribution in [2.24, 2.45) is 0 Å². The molecule has 0 spiro atoms. The van der Waals surface area contributed by atoms with Gasteiger partial charge in [0.2, 0.25) is 0 Å². The quantitative estimate of drug-likeness (QED) is 0.910. The molecule has 3 rings (SSSR count). The highest BCUT2D eigenvalue weighted by Gasteiger charge is 2.20. The first-order chi connectivity index (χ1) is 10.2. The number of carbonyl (C=O) groups is 1. The van der Waals surface area contributed by atoms with E-state index in [1.165, 1.54) is 16.3 Å². The summed E-state index contributed by atoms with van der Waals surface area (Å²) in [4.78, 5) is 13.0. The predicted octanol–water partition coefficient (Wildman–Crippen LogP) is 3.07. The molecule has 1 saturated heterocycles. The van der Waals surface area contributed by atoms with E-state index >= 15 is 0 Å². The van der Waals surface area contributed by atoms with E-state index in [9.17, 15) is 4.79 Å². The van der Waals surface area contributed by atoms with Gasteiger partial charge in [0.25, 0.3) is 0 Å². The van der Waals surface area contributed by atoms with Crippen LogP contribution in [0.1, 0.15) is 18.4 Å². The van der Waals surface area contributed by atoms with Crippen LogP contribution in [0.2, 0.25) is 0 Å². The highest BCUT2D eigenvalue weighted by Crippen LogP contribution is 2.19. The topological polar surface area (TPSA) is 52.6 Å². The number of nitrogens with zero attached hydrogens (tertiary/aromatic N) is 1. The van der Waals surface area contributed by atoms with Crippen molar-refractivity contribution in [1.82, 2.24) is 10.2 Å². The molecule has 2 aromatic rings. The maximum Gasteiger partial charge on any atom is 0.404 e. The first-order valence-electron chi connectivity index (χ1n) is 7.40. The van der Waals surface area contributed by atoms with Gasteiger partial charge in [0.1, 0.15) is 0 Å². The summed E-state index contributed by atoms with van der Waals surface area (Å²) in [6.07, 6.45) is 0.864. The van der Waals surface area contributed by atoms with Crippen LogP contribution in [0.3, 0.4) is 0 Å². The van der Waals surface area contributed by atoms with Gasteiger partial charge in [-0.3, -0.25) is 4.90 Å². The van der Waals surface area contributed by atoms with Crippen LogP contribution in [0.25, 0.3) is 10.8 Å². The molecule has 1 fully saturated rings. The van der Waals surface area contributed by atoms with Crippen molar-refractivity contribution in [2.75, 3.05) is 13.1 Å². The summed E-state index contributed by atoms with van der Waals surface area (Å²) >= 11 is 0. The van der Waals surface area contributed by atoms with Crippen LogP contribution >= 0.6 is 0 Å². The molecule has 4 nitrogen and oxygen atoms in total. The maximum absolute atomic E-state index is 10.6. The Kier molecular flexibility index (Phi) is 4.06. The van der Waals surface area contributed by atoms with E-state index in [4.69, 9.17) is 5.11 Å². The highest BCUT2D eigenvalue weighted by atomic mass is 16.4. The van der Waals surface area contributed by atoms with Crippen LogP contribution < -0.4 is 5.32 Å². The number of hydrogen-bond acceptors (Lipinski definition) is 2. The summed E-state index contributed by atoms with van der Waals surface area (Å²) in [5.74, 6) is 0. The van der Waals surface area contributed by atoms with Crippen molar-refractivity contribution in [2.45, 2.75) is 25.4 Å². The lowest BCUT2D eigenvalue weighted by molar-refractivity contribution is 0.165. The minimum atomic E-state index is -0.914.